The lowest BCUT2D eigenvalue weighted by atomic mass is 10.2. The van der Waals surface area contributed by atoms with Gasteiger partial charge in [-0.2, -0.15) is 0 Å². The van der Waals surface area contributed by atoms with Gasteiger partial charge in [0, 0.05) is 30.1 Å². The van der Waals surface area contributed by atoms with Gasteiger partial charge in [0.25, 0.3) is 0 Å². The highest BCUT2D eigenvalue weighted by Gasteiger charge is 2.26. The van der Waals surface area contributed by atoms with Gasteiger partial charge in [-0.05, 0) is 43.1 Å². The third kappa shape index (κ3) is 4.34. The number of hydrogen-bond donors (Lipinski definition) is 1. The molecule has 0 bridgehead atoms. The molecule has 1 N–H and O–H groups in total. The quantitative estimate of drug-likeness (QED) is 0.778. The summed E-state index contributed by atoms with van der Waals surface area (Å²) in [6.45, 7) is 6.09. The highest BCUT2D eigenvalue weighted by atomic mass is 79.9. The molecule has 1 aliphatic carbocycles. The minimum Gasteiger partial charge on any atom is -0.311 e. The van der Waals surface area contributed by atoms with Crippen LogP contribution in [0.3, 0.4) is 0 Å². The first-order valence-electron chi connectivity index (χ1n) is 6.58. The van der Waals surface area contributed by atoms with E-state index in [1.807, 2.05) is 6.07 Å². The Kier molecular flexibility index (Phi) is 5.15. The average Bonchev–Trinajstić information content (AvgIpc) is 3.12. The Bertz CT molecular complexity index is 373. The van der Waals surface area contributed by atoms with Crippen molar-refractivity contribution in [1.82, 2.24) is 10.2 Å². The molecular weight excluding hydrogens is 295 g/mol. The van der Waals surface area contributed by atoms with Gasteiger partial charge >= 0.3 is 0 Å². The molecule has 18 heavy (non-hydrogen) atoms. The van der Waals surface area contributed by atoms with Crippen LogP contribution in [0.2, 0.25) is 0 Å². The summed E-state index contributed by atoms with van der Waals surface area (Å²) in [5.41, 5.74) is 0.983. The van der Waals surface area contributed by atoms with Crippen molar-refractivity contribution in [2.24, 2.45) is 0 Å². The van der Waals surface area contributed by atoms with Crippen molar-refractivity contribution >= 4 is 15.9 Å². The van der Waals surface area contributed by atoms with E-state index in [0.717, 1.165) is 42.3 Å². The third-order valence-electron chi connectivity index (χ3n) is 3.30. The van der Waals surface area contributed by atoms with Crippen LogP contribution in [0, 0.1) is 5.82 Å². The molecule has 0 atom stereocenters. The molecule has 1 fully saturated rings. The van der Waals surface area contributed by atoms with Crippen molar-refractivity contribution in [2.75, 3.05) is 19.6 Å². The first-order valence-corrected chi connectivity index (χ1v) is 7.38. The number of nitrogens with one attached hydrogen (secondary N) is 1. The van der Waals surface area contributed by atoms with Crippen molar-refractivity contribution in [2.45, 2.75) is 32.4 Å². The first-order chi connectivity index (χ1) is 8.69. The summed E-state index contributed by atoms with van der Waals surface area (Å²) in [4.78, 5) is 2.51. The Hall–Kier alpha value is -0.450. The lowest BCUT2D eigenvalue weighted by Gasteiger charge is -2.19. The standard InChI is InChI=1S/C14H20BrFN2/c1-2-18(14-3-4-14)6-5-17-10-11-7-12(15)9-13(16)8-11/h7-9,14,17H,2-6,10H2,1H3. The fraction of sp³-hybridized carbons (Fsp3) is 0.571. The highest BCUT2D eigenvalue weighted by molar-refractivity contribution is 9.10. The molecule has 2 rings (SSSR count). The molecule has 1 aliphatic rings. The smallest absolute Gasteiger partial charge is 0.124 e. The van der Waals surface area contributed by atoms with Gasteiger partial charge in [-0.1, -0.05) is 22.9 Å². The molecular formula is C14H20BrFN2. The van der Waals surface area contributed by atoms with E-state index in [1.165, 1.54) is 18.9 Å². The fourth-order valence-electron chi connectivity index (χ4n) is 2.21. The molecule has 0 unspecified atom stereocenters. The predicted molar refractivity (Wildman–Crippen MR) is 76.1 cm³/mol. The second-order valence-electron chi connectivity index (χ2n) is 4.81. The summed E-state index contributed by atoms with van der Waals surface area (Å²) >= 11 is 3.31. The van der Waals surface area contributed by atoms with Crippen LogP contribution in [-0.4, -0.2) is 30.6 Å². The number of halogens is 2. The second-order valence-corrected chi connectivity index (χ2v) is 5.73. The molecule has 4 heteroatoms. The minimum absolute atomic E-state index is 0.186. The zero-order valence-corrected chi connectivity index (χ0v) is 12.3. The minimum atomic E-state index is -0.186. The summed E-state index contributed by atoms with van der Waals surface area (Å²) < 4.78 is 14.0. The normalized spacial score (nSPS) is 15.3. The maximum atomic E-state index is 13.2. The molecule has 1 aromatic rings. The van der Waals surface area contributed by atoms with Gasteiger partial charge in [-0.3, -0.25) is 4.90 Å². The Balaban J connectivity index is 1.71. The van der Waals surface area contributed by atoms with Crippen LogP contribution in [0.5, 0.6) is 0 Å². The van der Waals surface area contributed by atoms with Crippen molar-refractivity contribution in [3.63, 3.8) is 0 Å². The molecule has 100 valence electrons. The second kappa shape index (κ2) is 6.64. The molecule has 0 spiro atoms. The Morgan fingerprint density at radius 1 is 1.39 bits per heavy atom. The molecule has 1 aromatic carbocycles. The van der Waals surface area contributed by atoms with Gasteiger partial charge in [-0.25, -0.2) is 4.39 Å². The third-order valence-corrected chi connectivity index (χ3v) is 3.75. The van der Waals surface area contributed by atoms with E-state index >= 15 is 0 Å². The number of likely N-dealkylation sites (N-methyl/N-ethyl adjacent to an activating group) is 1. The predicted octanol–water partition coefficient (Wildman–Crippen LogP) is 3.16. The van der Waals surface area contributed by atoms with Gasteiger partial charge < -0.3 is 5.32 Å². The number of nitrogens with zero attached hydrogens (tertiary/aromatic N) is 1. The van der Waals surface area contributed by atoms with Gasteiger partial charge in [-0.15, -0.1) is 0 Å². The van der Waals surface area contributed by atoms with Crippen molar-refractivity contribution in [3.8, 4) is 0 Å². The number of hydrogen-bond acceptors (Lipinski definition) is 2. The summed E-state index contributed by atoms with van der Waals surface area (Å²) in [6, 6.07) is 5.83. The van der Waals surface area contributed by atoms with E-state index in [9.17, 15) is 4.39 Å². The van der Waals surface area contributed by atoms with E-state index in [4.69, 9.17) is 0 Å². The van der Waals surface area contributed by atoms with Crippen LogP contribution >= 0.6 is 15.9 Å². The number of benzene rings is 1. The Morgan fingerprint density at radius 3 is 2.78 bits per heavy atom. The zero-order chi connectivity index (χ0) is 13.0. The molecule has 0 saturated heterocycles. The largest absolute Gasteiger partial charge is 0.311 e. The van der Waals surface area contributed by atoms with E-state index in [-0.39, 0.29) is 5.82 Å². The summed E-state index contributed by atoms with van der Waals surface area (Å²) in [7, 11) is 0. The van der Waals surface area contributed by atoms with Gasteiger partial charge in [0.05, 0.1) is 0 Å². The van der Waals surface area contributed by atoms with Crippen LogP contribution in [-0.2, 0) is 6.54 Å². The summed E-state index contributed by atoms with van der Waals surface area (Å²) in [6.07, 6.45) is 2.70. The van der Waals surface area contributed by atoms with Crippen LogP contribution in [0.15, 0.2) is 22.7 Å². The van der Waals surface area contributed by atoms with Crippen LogP contribution < -0.4 is 5.32 Å². The lowest BCUT2D eigenvalue weighted by Crippen LogP contribution is -2.33. The Morgan fingerprint density at radius 2 is 2.17 bits per heavy atom. The molecule has 0 aliphatic heterocycles. The summed E-state index contributed by atoms with van der Waals surface area (Å²) in [5.74, 6) is -0.186. The topological polar surface area (TPSA) is 15.3 Å². The monoisotopic (exact) mass is 314 g/mol. The zero-order valence-electron chi connectivity index (χ0n) is 10.8. The number of rotatable bonds is 7. The lowest BCUT2D eigenvalue weighted by molar-refractivity contribution is 0.277. The highest BCUT2D eigenvalue weighted by Crippen LogP contribution is 2.25. The Labute approximate surface area is 117 Å². The molecule has 0 heterocycles. The molecule has 0 radical (unpaired) electrons. The van der Waals surface area contributed by atoms with Crippen molar-refractivity contribution in [3.05, 3.63) is 34.1 Å². The first kappa shape index (κ1) is 14.0. The van der Waals surface area contributed by atoms with Crippen molar-refractivity contribution < 1.29 is 4.39 Å². The van der Waals surface area contributed by atoms with E-state index in [1.54, 1.807) is 6.07 Å². The van der Waals surface area contributed by atoms with Gasteiger partial charge in [0.15, 0.2) is 0 Å². The average molecular weight is 315 g/mol. The molecule has 1 saturated carbocycles. The van der Waals surface area contributed by atoms with Crippen molar-refractivity contribution in [1.29, 1.82) is 0 Å². The van der Waals surface area contributed by atoms with Crippen LogP contribution in [0.25, 0.3) is 0 Å². The van der Waals surface area contributed by atoms with E-state index in [2.05, 4.69) is 33.1 Å². The SMILES string of the molecule is CCN(CCNCc1cc(F)cc(Br)c1)C1CC1. The van der Waals surface area contributed by atoms with E-state index < -0.39 is 0 Å². The molecule has 2 nitrogen and oxygen atoms in total. The maximum absolute atomic E-state index is 13.2. The van der Waals surface area contributed by atoms with Gasteiger partial charge in [0.2, 0.25) is 0 Å². The molecule has 0 aromatic heterocycles. The fourth-order valence-corrected chi connectivity index (χ4v) is 2.72. The van der Waals surface area contributed by atoms with Crippen LogP contribution in [0.1, 0.15) is 25.3 Å². The molecule has 0 amide bonds. The van der Waals surface area contributed by atoms with Gasteiger partial charge in [0.1, 0.15) is 5.82 Å². The van der Waals surface area contributed by atoms with Crippen LogP contribution in [0.4, 0.5) is 4.39 Å². The van der Waals surface area contributed by atoms with E-state index in [0.29, 0.717) is 0 Å². The summed E-state index contributed by atoms with van der Waals surface area (Å²) in [5, 5.41) is 3.37. The maximum Gasteiger partial charge on any atom is 0.124 e.